The van der Waals surface area contributed by atoms with Gasteiger partial charge in [-0.05, 0) is 25.7 Å². The maximum absolute atomic E-state index is 12.3. The van der Waals surface area contributed by atoms with E-state index in [4.69, 9.17) is 4.74 Å². The van der Waals surface area contributed by atoms with E-state index in [1.807, 2.05) is 0 Å². The van der Waals surface area contributed by atoms with Gasteiger partial charge in [-0.1, -0.05) is 187 Å². The van der Waals surface area contributed by atoms with Gasteiger partial charge in [0.25, 0.3) is 0 Å². The number of unbranched alkanes of at least 4 members (excludes halogenated alkanes) is 27. The molecule has 0 aliphatic carbocycles. The average Bonchev–Trinajstić information content (AvgIpc) is 3.07. The van der Waals surface area contributed by atoms with Gasteiger partial charge in [-0.25, -0.2) is 0 Å². The van der Waals surface area contributed by atoms with Gasteiger partial charge in [-0.3, -0.25) is 9.59 Å². The Morgan fingerprint density at radius 2 is 0.872 bits per heavy atom. The molecule has 0 saturated carbocycles. The van der Waals surface area contributed by atoms with E-state index in [0.29, 0.717) is 25.9 Å². The van der Waals surface area contributed by atoms with Crippen LogP contribution in [-0.4, -0.2) is 47.4 Å². The molecule has 0 rings (SSSR count). The lowest BCUT2D eigenvalue weighted by Gasteiger charge is -2.22. The Labute approximate surface area is 292 Å². The summed E-state index contributed by atoms with van der Waals surface area (Å²) in [6.45, 7) is 4.85. The predicted octanol–water partition coefficient (Wildman–Crippen LogP) is 11.3. The zero-order chi connectivity index (χ0) is 34.5. The highest BCUT2D eigenvalue weighted by atomic mass is 16.5. The summed E-state index contributed by atoms with van der Waals surface area (Å²) in [5.41, 5.74) is 0. The van der Waals surface area contributed by atoms with E-state index in [-0.39, 0.29) is 18.5 Å². The molecule has 0 heterocycles. The minimum atomic E-state index is -0.676. The van der Waals surface area contributed by atoms with E-state index in [9.17, 15) is 19.8 Å². The maximum atomic E-state index is 12.3. The number of aliphatic hydroxyl groups excluding tert-OH is 2. The number of hydrogen-bond acceptors (Lipinski definition) is 5. The van der Waals surface area contributed by atoms with Gasteiger partial charge in [0.2, 0.25) is 5.91 Å². The summed E-state index contributed by atoms with van der Waals surface area (Å²) in [5, 5.41) is 23.0. The second-order valence-corrected chi connectivity index (χ2v) is 14.3. The summed E-state index contributed by atoms with van der Waals surface area (Å²) in [4.78, 5) is 24.3. The zero-order valence-corrected chi connectivity index (χ0v) is 31.5. The van der Waals surface area contributed by atoms with E-state index in [0.717, 1.165) is 57.8 Å². The van der Waals surface area contributed by atoms with Gasteiger partial charge in [-0.2, -0.15) is 0 Å². The van der Waals surface area contributed by atoms with Gasteiger partial charge < -0.3 is 20.3 Å². The van der Waals surface area contributed by atoms with Crippen molar-refractivity contribution >= 4 is 11.9 Å². The first-order chi connectivity index (χ1) is 23.0. The lowest BCUT2D eigenvalue weighted by molar-refractivity contribution is -0.143. The Bertz CT molecular complexity index is 658. The number of carbonyl (C=O) groups is 2. The normalized spacial score (nSPS) is 12.7. The van der Waals surface area contributed by atoms with Crippen molar-refractivity contribution in [3.8, 4) is 0 Å². The summed E-state index contributed by atoms with van der Waals surface area (Å²) >= 11 is 0. The van der Waals surface area contributed by atoms with Crippen molar-refractivity contribution in [2.24, 2.45) is 0 Å². The van der Waals surface area contributed by atoms with Crippen LogP contribution in [0.2, 0.25) is 0 Å². The summed E-state index contributed by atoms with van der Waals surface area (Å²) in [6.07, 6.45) is 37.6. The Kier molecular flexibility index (Phi) is 36.8. The van der Waals surface area contributed by atoms with Crippen LogP contribution in [-0.2, 0) is 14.3 Å². The Hall–Kier alpha value is -1.14. The van der Waals surface area contributed by atoms with Gasteiger partial charge in [-0.15, -0.1) is 0 Å². The fourth-order valence-corrected chi connectivity index (χ4v) is 6.40. The fourth-order valence-electron chi connectivity index (χ4n) is 6.40. The molecule has 2 unspecified atom stereocenters. The standard InChI is InChI=1S/C41H81NO5/c1-3-5-7-9-11-13-14-15-19-23-27-31-35-41(46)47-36-32-28-24-20-16-18-22-26-30-34-40(45)42-38(37-43)39(44)33-29-25-21-17-12-10-8-6-4-2/h38-39,43-44H,3-37H2,1-2H3,(H,42,45). The van der Waals surface area contributed by atoms with Crippen LogP contribution in [0, 0.1) is 0 Å². The highest BCUT2D eigenvalue weighted by molar-refractivity contribution is 5.76. The van der Waals surface area contributed by atoms with Crippen LogP contribution in [0.15, 0.2) is 0 Å². The topological polar surface area (TPSA) is 95.9 Å². The third kappa shape index (κ3) is 34.5. The molecule has 0 fully saturated rings. The average molecular weight is 668 g/mol. The lowest BCUT2D eigenvalue weighted by Crippen LogP contribution is -2.45. The van der Waals surface area contributed by atoms with Crippen molar-refractivity contribution in [3.63, 3.8) is 0 Å². The summed E-state index contributed by atoms with van der Waals surface area (Å²) < 4.78 is 5.42. The third-order valence-electron chi connectivity index (χ3n) is 9.66. The second-order valence-electron chi connectivity index (χ2n) is 14.3. The Morgan fingerprint density at radius 1 is 0.511 bits per heavy atom. The number of rotatable bonds is 38. The number of amides is 1. The number of nitrogens with one attached hydrogen (secondary N) is 1. The number of hydrogen-bond donors (Lipinski definition) is 3. The van der Waals surface area contributed by atoms with Crippen LogP contribution in [0.3, 0.4) is 0 Å². The quantitative estimate of drug-likeness (QED) is 0.0450. The second kappa shape index (κ2) is 37.7. The van der Waals surface area contributed by atoms with Gasteiger partial charge in [0, 0.05) is 12.8 Å². The maximum Gasteiger partial charge on any atom is 0.305 e. The van der Waals surface area contributed by atoms with E-state index in [1.165, 1.54) is 135 Å². The molecule has 0 radical (unpaired) electrons. The molecule has 0 aromatic heterocycles. The molecule has 6 heteroatoms. The van der Waals surface area contributed by atoms with Gasteiger partial charge in [0.05, 0.1) is 25.4 Å². The molecule has 0 aromatic rings. The van der Waals surface area contributed by atoms with E-state index < -0.39 is 12.1 Å². The number of aliphatic hydroxyl groups is 2. The first-order valence-corrected chi connectivity index (χ1v) is 20.8. The van der Waals surface area contributed by atoms with Gasteiger partial charge in [0.1, 0.15) is 0 Å². The molecule has 0 aromatic carbocycles. The molecule has 6 nitrogen and oxygen atoms in total. The molecule has 0 saturated heterocycles. The van der Waals surface area contributed by atoms with Crippen molar-refractivity contribution in [2.75, 3.05) is 13.2 Å². The molecular formula is C41H81NO5. The monoisotopic (exact) mass is 668 g/mol. The molecule has 0 aliphatic heterocycles. The molecule has 47 heavy (non-hydrogen) atoms. The predicted molar refractivity (Wildman–Crippen MR) is 200 cm³/mol. The number of esters is 1. The molecule has 1 amide bonds. The fraction of sp³-hybridized carbons (Fsp3) is 0.951. The van der Waals surface area contributed by atoms with Crippen LogP contribution in [0.1, 0.15) is 226 Å². The minimum Gasteiger partial charge on any atom is -0.466 e. The van der Waals surface area contributed by atoms with Crippen molar-refractivity contribution < 1.29 is 24.5 Å². The van der Waals surface area contributed by atoms with Crippen molar-refractivity contribution in [1.29, 1.82) is 0 Å². The smallest absolute Gasteiger partial charge is 0.305 e. The molecule has 0 bridgehead atoms. The minimum absolute atomic E-state index is 0.0251. The Morgan fingerprint density at radius 3 is 1.30 bits per heavy atom. The molecule has 0 spiro atoms. The van der Waals surface area contributed by atoms with Crippen LogP contribution in [0.5, 0.6) is 0 Å². The van der Waals surface area contributed by atoms with E-state index in [2.05, 4.69) is 19.2 Å². The van der Waals surface area contributed by atoms with Gasteiger partial charge >= 0.3 is 5.97 Å². The number of ether oxygens (including phenoxy) is 1. The van der Waals surface area contributed by atoms with Crippen LogP contribution in [0.4, 0.5) is 0 Å². The summed E-state index contributed by atoms with van der Waals surface area (Å²) in [6, 6.07) is -0.556. The first-order valence-electron chi connectivity index (χ1n) is 20.8. The van der Waals surface area contributed by atoms with Crippen LogP contribution in [0.25, 0.3) is 0 Å². The van der Waals surface area contributed by atoms with Crippen molar-refractivity contribution in [2.45, 2.75) is 238 Å². The molecule has 0 aliphatic rings. The molecule has 3 N–H and O–H groups in total. The summed E-state index contributed by atoms with van der Waals surface area (Å²) in [7, 11) is 0. The zero-order valence-electron chi connectivity index (χ0n) is 31.5. The van der Waals surface area contributed by atoms with Crippen LogP contribution < -0.4 is 5.32 Å². The third-order valence-corrected chi connectivity index (χ3v) is 9.66. The molecule has 280 valence electrons. The Balaban J connectivity index is 3.48. The molecular weight excluding hydrogens is 586 g/mol. The number of carbonyl (C=O) groups excluding carboxylic acids is 2. The first kappa shape index (κ1) is 45.9. The summed E-state index contributed by atoms with van der Waals surface area (Å²) in [5.74, 6) is -0.0899. The van der Waals surface area contributed by atoms with Crippen molar-refractivity contribution in [1.82, 2.24) is 5.32 Å². The lowest BCUT2D eigenvalue weighted by atomic mass is 10.0. The van der Waals surface area contributed by atoms with Crippen LogP contribution >= 0.6 is 0 Å². The van der Waals surface area contributed by atoms with E-state index in [1.54, 1.807) is 0 Å². The van der Waals surface area contributed by atoms with Crippen molar-refractivity contribution in [3.05, 3.63) is 0 Å². The largest absolute Gasteiger partial charge is 0.466 e. The van der Waals surface area contributed by atoms with Gasteiger partial charge in [0.15, 0.2) is 0 Å². The molecule has 2 atom stereocenters. The van der Waals surface area contributed by atoms with E-state index >= 15 is 0 Å². The highest BCUT2D eigenvalue weighted by Crippen LogP contribution is 2.15. The highest BCUT2D eigenvalue weighted by Gasteiger charge is 2.20. The SMILES string of the molecule is CCCCCCCCCCCCCCC(=O)OCCCCCCCCCCCC(=O)NC(CO)C(O)CCCCCCCCCCC.